The van der Waals surface area contributed by atoms with E-state index >= 15 is 0 Å². The van der Waals surface area contributed by atoms with E-state index in [1.165, 1.54) is 17.5 Å². The fourth-order valence-electron chi connectivity index (χ4n) is 1.81. The van der Waals surface area contributed by atoms with Gasteiger partial charge in [0.05, 0.1) is 18.2 Å². The topological polar surface area (TPSA) is 84.5 Å². The molecule has 2 aromatic rings. The molecule has 0 saturated carbocycles. The predicted molar refractivity (Wildman–Crippen MR) is 83.6 cm³/mol. The molecule has 0 aliphatic rings. The van der Waals surface area contributed by atoms with E-state index in [0.717, 1.165) is 30.6 Å². The molecule has 10 heteroatoms. The van der Waals surface area contributed by atoms with Crippen molar-refractivity contribution in [2.24, 2.45) is 0 Å². The van der Waals surface area contributed by atoms with Crippen LogP contribution in [-0.4, -0.2) is 25.0 Å². The van der Waals surface area contributed by atoms with Crippen LogP contribution < -0.4 is 10.6 Å². The molecule has 1 aromatic carbocycles. The Kier molecular flexibility index (Phi) is 5.42. The standard InChI is InChI=1S/C15H11F3N2O4S/c1-24-14(23)20-12(22)10-5-6-25-13(10)19-11(21)8-3-2-4-9(7-8)15(16,17)18/h2-7H,1H3,(H,19,21)(H,20,22,23). The van der Waals surface area contributed by atoms with Crippen molar-refractivity contribution in [3.63, 3.8) is 0 Å². The van der Waals surface area contributed by atoms with Gasteiger partial charge in [-0.25, -0.2) is 4.79 Å². The molecule has 2 N–H and O–H groups in total. The van der Waals surface area contributed by atoms with Gasteiger partial charge in [-0.05, 0) is 29.6 Å². The van der Waals surface area contributed by atoms with Crippen LogP contribution in [0, 0.1) is 0 Å². The zero-order valence-electron chi connectivity index (χ0n) is 12.6. The SMILES string of the molecule is COC(=O)NC(=O)c1ccsc1NC(=O)c1cccc(C(F)(F)F)c1. The van der Waals surface area contributed by atoms with Gasteiger partial charge in [-0.15, -0.1) is 11.3 Å². The molecule has 0 saturated heterocycles. The number of amides is 3. The Labute approximate surface area is 143 Å². The lowest BCUT2D eigenvalue weighted by atomic mass is 10.1. The number of thiophene rings is 1. The molecule has 25 heavy (non-hydrogen) atoms. The van der Waals surface area contributed by atoms with Gasteiger partial charge >= 0.3 is 12.3 Å². The minimum absolute atomic E-state index is 0.0178. The van der Waals surface area contributed by atoms with Gasteiger partial charge in [0.15, 0.2) is 0 Å². The van der Waals surface area contributed by atoms with Gasteiger partial charge in [-0.2, -0.15) is 13.2 Å². The number of hydrogen-bond acceptors (Lipinski definition) is 5. The van der Waals surface area contributed by atoms with E-state index in [9.17, 15) is 27.6 Å². The lowest BCUT2D eigenvalue weighted by Crippen LogP contribution is -2.30. The maximum atomic E-state index is 12.7. The highest BCUT2D eigenvalue weighted by molar-refractivity contribution is 7.14. The van der Waals surface area contributed by atoms with Crippen molar-refractivity contribution in [3.05, 3.63) is 52.4 Å². The Morgan fingerprint density at radius 3 is 2.48 bits per heavy atom. The first-order valence-corrected chi connectivity index (χ1v) is 7.55. The van der Waals surface area contributed by atoms with Crippen molar-refractivity contribution in [1.29, 1.82) is 0 Å². The van der Waals surface area contributed by atoms with Crippen molar-refractivity contribution < 1.29 is 32.3 Å². The van der Waals surface area contributed by atoms with Gasteiger partial charge < -0.3 is 10.1 Å². The zero-order chi connectivity index (χ0) is 18.6. The molecule has 6 nitrogen and oxygen atoms in total. The second kappa shape index (κ2) is 7.34. The van der Waals surface area contributed by atoms with Crippen molar-refractivity contribution in [2.75, 3.05) is 12.4 Å². The first-order valence-electron chi connectivity index (χ1n) is 6.67. The average Bonchev–Trinajstić information content (AvgIpc) is 3.02. The molecular formula is C15H11F3N2O4S. The Bertz CT molecular complexity index is 817. The molecule has 0 aliphatic carbocycles. The van der Waals surface area contributed by atoms with Gasteiger partial charge in [-0.3, -0.25) is 14.9 Å². The maximum absolute atomic E-state index is 12.7. The van der Waals surface area contributed by atoms with Crippen LogP contribution in [0.5, 0.6) is 0 Å². The monoisotopic (exact) mass is 372 g/mol. The summed E-state index contributed by atoms with van der Waals surface area (Å²) in [5.41, 5.74) is -1.20. The number of carbonyl (C=O) groups excluding carboxylic acids is 3. The summed E-state index contributed by atoms with van der Waals surface area (Å²) in [6, 6.07) is 5.22. The summed E-state index contributed by atoms with van der Waals surface area (Å²) >= 11 is 0.978. The number of alkyl carbamates (subject to hydrolysis) is 1. The lowest BCUT2D eigenvalue weighted by molar-refractivity contribution is -0.137. The highest BCUT2D eigenvalue weighted by Crippen LogP contribution is 2.30. The number of nitrogens with one attached hydrogen (secondary N) is 2. The number of ether oxygens (including phenoxy) is 1. The summed E-state index contributed by atoms with van der Waals surface area (Å²) in [4.78, 5) is 35.1. The van der Waals surface area contributed by atoms with Crippen LogP contribution in [0.3, 0.4) is 0 Å². The van der Waals surface area contributed by atoms with Crippen LogP contribution in [-0.2, 0) is 10.9 Å². The highest BCUT2D eigenvalue weighted by atomic mass is 32.1. The van der Waals surface area contributed by atoms with Crippen molar-refractivity contribution >= 4 is 34.2 Å². The number of benzene rings is 1. The van der Waals surface area contributed by atoms with Crippen LogP contribution in [0.1, 0.15) is 26.3 Å². The number of carbonyl (C=O) groups is 3. The minimum atomic E-state index is -4.58. The Balaban J connectivity index is 2.19. The third-order valence-corrected chi connectivity index (χ3v) is 3.82. The van der Waals surface area contributed by atoms with Gasteiger partial charge in [0, 0.05) is 5.56 Å². The smallest absolute Gasteiger partial charge is 0.416 e. The second-order valence-electron chi connectivity index (χ2n) is 4.64. The average molecular weight is 372 g/mol. The van der Waals surface area contributed by atoms with E-state index in [0.29, 0.717) is 6.07 Å². The number of imide groups is 1. The van der Waals surface area contributed by atoms with Crippen molar-refractivity contribution in [3.8, 4) is 0 Å². The molecule has 0 spiro atoms. The minimum Gasteiger partial charge on any atom is -0.453 e. The van der Waals surface area contributed by atoms with E-state index in [1.54, 1.807) is 0 Å². The molecule has 0 unspecified atom stereocenters. The number of methoxy groups -OCH3 is 1. The number of hydrogen-bond donors (Lipinski definition) is 2. The summed E-state index contributed by atoms with van der Waals surface area (Å²) < 4.78 is 42.4. The summed E-state index contributed by atoms with van der Waals surface area (Å²) in [6.07, 6.45) is -5.56. The third-order valence-electron chi connectivity index (χ3n) is 2.99. The van der Waals surface area contributed by atoms with E-state index in [-0.39, 0.29) is 16.1 Å². The van der Waals surface area contributed by atoms with Crippen LogP contribution in [0.4, 0.5) is 23.0 Å². The normalized spacial score (nSPS) is 10.9. The van der Waals surface area contributed by atoms with Crippen LogP contribution >= 0.6 is 11.3 Å². The summed E-state index contributed by atoms with van der Waals surface area (Å²) in [5.74, 6) is -1.63. The molecule has 132 valence electrons. The summed E-state index contributed by atoms with van der Waals surface area (Å²) in [7, 11) is 1.08. The van der Waals surface area contributed by atoms with Crippen LogP contribution in [0.2, 0.25) is 0 Å². The van der Waals surface area contributed by atoms with Crippen molar-refractivity contribution in [2.45, 2.75) is 6.18 Å². The zero-order valence-corrected chi connectivity index (χ0v) is 13.5. The molecule has 2 rings (SSSR count). The maximum Gasteiger partial charge on any atom is 0.416 e. The first-order chi connectivity index (χ1) is 11.7. The molecule has 0 bridgehead atoms. The molecule has 1 aromatic heterocycles. The van der Waals surface area contributed by atoms with E-state index in [4.69, 9.17) is 0 Å². The van der Waals surface area contributed by atoms with Crippen molar-refractivity contribution in [1.82, 2.24) is 5.32 Å². The molecule has 1 heterocycles. The van der Waals surface area contributed by atoms with Gasteiger partial charge in [0.1, 0.15) is 5.00 Å². The Morgan fingerprint density at radius 2 is 1.84 bits per heavy atom. The number of alkyl halides is 3. The molecule has 0 radical (unpaired) electrons. The van der Waals surface area contributed by atoms with Gasteiger partial charge in [0.2, 0.25) is 0 Å². The molecular weight excluding hydrogens is 361 g/mol. The number of rotatable bonds is 3. The van der Waals surface area contributed by atoms with Gasteiger partial charge in [0.25, 0.3) is 11.8 Å². The fourth-order valence-corrected chi connectivity index (χ4v) is 2.59. The number of halogens is 3. The molecule has 0 aliphatic heterocycles. The van der Waals surface area contributed by atoms with Gasteiger partial charge in [-0.1, -0.05) is 6.07 Å². The largest absolute Gasteiger partial charge is 0.453 e. The molecule has 0 atom stereocenters. The lowest BCUT2D eigenvalue weighted by Gasteiger charge is -2.09. The third kappa shape index (κ3) is 4.57. The molecule has 0 fully saturated rings. The number of anilines is 1. The Hall–Kier alpha value is -2.88. The summed E-state index contributed by atoms with van der Waals surface area (Å²) in [6.45, 7) is 0. The summed E-state index contributed by atoms with van der Waals surface area (Å²) in [5, 5.41) is 5.84. The van der Waals surface area contributed by atoms with E-state index < -0.39 is 29.6 Å². The quantitative estimate of drug-likeness (QED) is 0.864. The Morgan fingerprint density at radius 1 is 1.12 bits per heavy atom. The van der Waals surface area contributed by atoms with E-state index in [2.05, 4.69) is 10.1 Å². The fraction of sp³-hybridized carbons (Fsp3) is 0.133. The van der Waals surface area contributed by atoms with Crippen LogP contribution in [0.25, 0.3) is 0 Å². The predicted octanol–water partition coefficient (Wildman–Crippen LogP) is 3.52. The van der Waals surface area contributed by atoms with Crippen LogP contribution in [0.15, 0.2) is 35.7 Å². The van der Waals surface area contributed by atoms with E-state index in [1.807, 2.05) is 5.32 Å². The highest BCUT2D eigenvalue weighted by Gasteiger charge is 2.31. The molecule has 3 amide bonds. The second-order valence-corrected chi connectivity index (χ2v) is 5.56. The first kappa shape index (κ1) is 18.5.